The molecule has 0 bridgehead atoms. The lowest BCUT2D eigenvalue weighted by molar-refractivity contribution is -0.132. The van der Waals surface area contributed by atoms with Crippen LogP contribution in [0.2, 0.25) is 0 Å². The number of nitriles is 1. The third-order valence-corrected chi connectivity index (χ3v) is 3.42. The lowest BCUT2D eigenvalue weighted by Gasteiger charge is -2.40. The van der Waals surface area contributed by atoms with E-state index in [2.05, 4.69) is 16.3 Å². The lowest BCUT2D eigenvalue weighted by atomic mass is 10.1. The van der Waals surface area contributed by atoms with E-state index in [0.717, 1.165) is 12.2 Å². The highest BCUT2D eigenvalue weighted by Gasteiger charge is 2.32. The number of nitrogens with zero attached hydrogens (tertiary/aromatic N) is 3. The van der Waals surface area contributed by atoms with Gasteiger partial charge in [0.15, 0.2) is 0 Å². The van der Waals surface area contributed by atoms with Gasteiger partial charge in [-0.3, -0.25) is 4.79 Å². The molecule has 1 unspecified atom stereocenters. The minimum absolute atomic E-state index is 0.114. The van der Waals surface area contributed by atoms with Crippen LogP contribution in [0.1, 0.15) is 5.56 Å². The molecule has 0 saturated carbocycles. The van der Waals surface area contributed by atoms with Crippen LogP contribution in [0, 0.1) is 11.3 Å². The number of rotatable bonds is 3. The second-order valence-electron chi connectivity index (χ2n) is 4.69. The van der Waals surface area contributed by atoms with Crippen LogP contribution in [0.3, 0.4) is 0 Å². The fourth-order valence-corrected chi connectivity index (χ4v) is 2.37. The molecule has 1 saturated heterocycles. The fraction of sp³-hybridized carbons (Fsp3) is 0.429. The van der Waals surface area contributed by atoms with E-state index < -0.39 is 0 Å². The van der Waals surface area contributed by atoms with Gasteiger partial charge in [-0.15, -0.1) is 0 Å². The highest BCUT2D eigenvalue weighted by Crippen LogP contribution is 2.21. The molecule has 1 N–H and O–H groups in total. The van der Waals surface area contributed by atoms with Crippen molar-refractivity contribution in [1.29, 1.82) is 5.26 Å². The number of nitrogens with one attached hydrogen (secondary N) is 1. The molecule has 0 aromatic heterocycles. The molecule has 0 spiro atoms. The van der Waals surface area contributed by atoms with Gasteiger partial charge in [0.2, 0.25) is 5.91 Å². The number of hydrogen-bond acceptors (Lipinski definition) is 4. The van der Waals surface area contributed by atoms with Crippen LogP contribution in [0.15, 0.2) is 24.3 Å². The predicted octanol–water partition coefficient (Wildman–Crippen LogP) is 0.425. The zero-order valence-corrected chi connectivity index (χ0v) is 11.3. The van der Waals surface area contributed by atoms with Crippen LogP contribution in [0.4, 0.5) is 5.69 Å². The molecule has 1 fully saturated rings. The fourth-order valence-electron chi connectivity index (χ4n) is 2.37. The van der Waals surface area contributed by atoms with Crippen molar-refractivity contribution in [1.82, 2.24) is 10.2 Å². The number of hydrogen-bond donors (Lipinski definition) is 1. The molecule has 19 heavy (non-hydrogen) atoms. The van der Waals surface area contributed by atoms with Crippen LogP contribution in [0.25, 0.3) is 0 Å². The van der Waals surface area contributed by atoms with Gasteiger partial charge in [0, 0.05) is 32.4 Å². The van der Waals surface area contributed by atoms with Gasteiger partial charge in [0.05, 0.1) is 11.6 Å². The van der Waals surface area contributed by atoms with Crippen molar-refractivity contribution in [2.75, 3.05) is 38.6 Å². The molecule has 0 aliphatic carbocycles. The van der Waals surface area contributed by atoms with E-state index in [1.807, 2.05) is 32.3 Å². The average molecular weight is 258 g/mol. The minimum atomic E-state index is -0.210. The molecule has 1 aromatic rings. The number of benzene rings is 1. The number of piperazine rings is 1. The van der Waals surface area contributed by atoms with Crippen molar-refractivity contribution in [3.8, 4) is 6.07 Å². The van der Waals surface area contributed by atoms with E-state index >= 15 is 0 Å². The topological polar surface area (TPSA) is 59.4 Å². The SMILES string of the molecule is CNCC1C(=O)N(C)CCN1c1cccc(C#N)c1. The van der Waals surface area contributed by atoms with Gasteiger partial charge < -0.3 is 15.1 Å². The monoisotopic (exact) mass is 258 g/mol. The summed E-state index contributed by atoms with van der Waals surface area (Å²) < 4.78 is 0. The summed E-state index contributed by atoms with van der Waals surface area (Å²) in [5.41, 5.74) is 1.55. The number of carbonyl (C=O) groups excluding carboxylic acids is 1. The summed E-state index contributed by atoms with van der Waals surface area (Å²) in [6.45, 7) is 2.08. The second-order valence-corrected chi connectivity index (χ2v) is 4.69. The van der Waals surface area contributed by atoms with Gasteiger partial charge in [0.1, 0.15) is 6.04 Å². The van der Waals surface area contributed by atoms with Gasteiger partial charge in [-0.1, -0.05) is 6.07 Å². The van der Waals surface area contributed by atoms with Crippen molar-refractivity contribution in [2.24, 2.45) is 0 Å². The third-order valence-electron chi connectivity index (χ3n) is 3.42. The molecule has 1 atom stereocenters. The van der Waals surface area contributed by atoms with Gasteiger partial charge in [0.25, 0.3) is 0 Å². The van der Waals surface area contributed by atoms with Gasteiger partial charge in [-0.25, -0.2) is 0 Å². The predicted molar refractivity (Wildman–Crippen MR) is 73.9 cm³/mol. The normalized spacial score (nSPS) is 19.4. The van der Waals surface area contributed by atoms with E-state index in [1.54, 1.807) is 11.0 Å². The minimum Gasteiger partial charge on any atom is -0.357 e. The van der Waals surface area contributed by atoms with E-state index in [1.165, 1.54) is 0 Å². The maximum absolute atomic E-state index is 12.2. The Labute approximate surface area is 113 Å². The summed E-state index contributed by atoms with van der Waals surface area (Å²) in [5.74, 6) is 0.114. The third kappa shape index (κ3) is 2.69. The maximum atomic E-state index is 12.2. The van der Waals surface area contributed by atoms with Gasteiger partial charge in [-0.05, 0) is 25.2 Å². The number of likely N-dealkylation sites (N-methyl/N-ethyl adjacent to an activating group) is 2. The summed E-state index contributed by atoms with van der Waals surface area (Å²) >= 11 is 0. The molecule has 2 rings (SSSR count). The smallest absolute Gasteiger partial charge is 0.246 e. The molecule has 100 valence electrons. The summed E-state index contributed by atoms with van der Waals surface area (Å²) in [5, 5.41) is 12.0. The Kier molecular flexibility index (Phi) is 4.03. The highest BCUT2D eigenvalue weighted by atomic mass is 16.2. The van der Waals surface area contributed by atoms with E-state index in [0.29, 0.717) is 18.7 Å². The van der Waals surface area contributed by atoms with E-state index in [4.69, 9.17) is 5.26 Å². The first-order chi connectivity index (χ1) is 9.17. The molecular formula is C14H18N4O. The number of carbonyl (C=O) groups is 1. The van der Waals surface area contributed by atoms with Crippen molar-refractivity contribution < 1.29 is 4.79 Å². The van der Waals surface area contributed by atoms with Crippen molar-refractivity contribution >= 4 is 11.6 Å². The van der Waals surface area contributed by atoms with Crippen LogP contribution in [0.5, 0.6) is 0 Å². The van der Waals surface area contributed by atoms with Gasteiger partial charge in [-0.2, -0.15) is 5.26 Å². The molecule has 1 aliphatic heterocycles. The van der Waals surface area contributed by atoms with Crippen LogP contribution in [-0.2, 0) is 4.79 Å². The number of anilines is 1. The quantitative estimate of drug-likeness (QED) is 0.854. The molecule has 1 aliphatic rings. The first-order valence-electron chi connectivity index (χ1n) is 6.33. The molecule has 5 nitrogen and oxygen atoms in total. The first-order valence-corrected chi connectivity index (χ1v) is 6.33. The van der Waals surface area contributed by atoms with E-state index in [-0.39, 0.29) is 11.9 Å². The zero-order chi connectivity index (χ0) is 13.8. The largest absolute Gasteiger partial charge is 0.357 e. The molecule has 1 aromatic carbocycles. The maximum Gasteiger partial charge on any atom is 0.246 e. The molecule has 1 heterocycles. The Morgan fingerprint density at radius 3 is 2.95 bits per heavy atom. The van der Waals surface area contributed by atoms with Crippen LogP contribution < -0.4 is 10.2 Å². The summed E-state index contributed by atoms with van der Waals surface area (Å²) in [6.07, 6.45) is 0. The molecule has 5 heteroatoms. The molecule has 0 radical (unpaired) electrons. The Morgan fingerprint density at radius 2 is 2.26 bits per heavy atom. The molecular weight excluding hydrogens is 240 g/mol. The standard InChI is InChI=1S/C14H18N4O/c1-16-10-13-14(19)17(2)6-7-18(13)12-5-3-4-11(8-12)9-15/h3-5,8,13,16H,6-7,10H2,1-2H3. The summed E-state index contributed by atoms with van der Waals surface area (Å²) in [7, 11) is 3.67. The van der Waals surface area contributed by atoms with Crippen LogP contribution >= 0.6 is 0 Å². The zero-order valence-electron chi connectivity index (χ0n) is 11.3. The second kappa shape index (κ2) is 5.72. The van der Waals surface area contributed by atoms with Gasteiger partial charge >= 0.3 is 0 Å². The van der Waals surface area contributed by atoms with Crippen molar-refractivity contribution in [3.63, 3.8) is 0 Å². The summed E-state index contributed by atoms with van der Waals surface area (Å²) in [4.78, 5) is 16.1. The Hall–Kier alpha value is -2.06. The molecule has 1 amide bonds. The lowest BCUT2D eigenvalue weighted by Crippen LogP contribution is -2.59. The van der Waals surface area contributed by atoms with Crippen molar-refractivity contribution in [3.05, 3.63) is 29.8 Å². The number of amides is 1. The summed E-state index contributed by atoms with van der Waals surface area (Å²) in [6, 6.07) is 9.33. The average Bonchev–Trinajstić information content (AvgIpc) is 2.44. The van der Waals surface area contributed by atoms with Crippen LogP contribution in [-0.4, -0.2) is 50.6 Å². The Balaban J connectivity index is 2.30. The first kappa shape index (κ1) is 13.4. The highest BCUT2D eigenvalue weighted by molar-refractivity contribution is 5.86. The Bertz CT molecular complexity index is 508. The van der Waals surface area contributed by atoms with E-state index in [9.17, 15) is 4.79 Å². The Morgan fingerprint density at radius 1 is 1.47 bits per heavy atom. The van der Waals surface area contributed by atoms with Crippen molar-refractivity contribution in [2.45, 2.75) is 6.04 Å².